The summed E-state index contributed by atoms with van der Waals surface area (Å²) in [4.78, 5) is 0. The highest BCUT2D eigenvalue weighted by atomic mass is 28.4. The van der Waals surface area contributed by atoms with E-state index < -0.39 is 8.80 Å². The monoisotopic (exact) mass is 356 g/mol. The smallest absolute Gasteiger partial charge is 0.374 e. The zero-order chi connectivity index (χ0) is 18.1. The van der Waals surface area contributed by atoms with Crippen LogP contribution in [0.2, 0.25) is 6.55 Å². The van der Waals surface area contributed by atoms with Crippen molar-refractivity contribution in [2.45, 2.75) is 27.3 Å². The zero-order valence-electron chi connectivity index (χ0n) is 15.6. The van der Waals surface area contributed by atoms with Crippen LogP contribution in [0.3, 0.4) is 0 Å². The van der Waals surface area contributed by atoms with Crippen molar-refractivity contribution < 1.29 is 13.3 Å². The summed E-state index contributed by atoms with van der Waals surface area (Å²) in [6, 6.07) is 21.4. The summed E-state index contributed by atoms with van der Waals surface area (Å²) in [5.74, 6) is 0. The lowest BCUT2D eigenvalue weighted by Crippen LogP contribution is -2.42. The molecule has 3 aromatic rings. The summed E-state index contributed by atoms with van der Waals surface area (Å²) in [7, 11) is -2.25. The van der Waals surface area contributed by atoms with Crippen LogP contribution in [0.4, 0.5) is 0 Å². The van der Waals surface area contributed by atoms with Crippen LogP contribution in [0.15, 0.2) is 60.7 Å². The molecule has 134 valence electrons. The minimum absolute atomic E-state index is 0.655. The summed E-state index contributed by atoms with van der Waals surface area (Å²) in [6.07, 6.45) is 0. The molecule has 0 atom stereocenters. The van der Waals surface area contributed by atoms with Crippen LogP contribution in [0.25, 0.3) is 21.5 Å². The van der Waals surface area contributed by atoms with Gasteiger partial charge in [0, 0.05) is 26.4 Å². The molecule has 0 aliphatic heterocycles. The molecule has 0 aromatic heterocycles. The zero-order valence-corrected chi connectivity index (χ0v) is 16.6. The highest BCUT2D eigenvalue weighted by molar-refractivity contribution is 6.59. The van der Waals surface area contributed by atoms with E-state index in [0.717, 1.165) is 0 Å². The third-order valence-electron chi connectivity index (χ3n) is 3.83. The van der Waals surface area contributed by atoms with Crippen LogP contribution < -0.4 is 0 Å². The highest BCUT2D eigenvalue weighted by Crippen LogP contribution is 2.22. The minimum atomic E-state index is -2.25. The van der Waals surface area contributed by atoms with E-state index in [9.17, 15) is 0 Å². The first-order chi connectivity index (χ1) is 12.1. The van der Waals surface area contributed by atoms with Gasteiger partial charge in [0.25, 0.3) is 0 Å². The van der Waals surface area contributed by atoms with Crippen molar-refractivity contribution in [1.29, 1.82) is 0 Å². The third kappa shape index (κ3) is 5.65. The number of fused-ring (bicyclic) bond motifs is 2. The Labute approximate surface area is 151 Å². The number of hydrogen-bond donors (Lipinski definition) is 0. The van der Waals surface area contributed by atoms with E-state index in [-0.39, 0.29) is 0 Å². The Bertz CT molecular complexity index is 666. The molecule has 0 bridgehead atoms. The van der Waals surface area contributed by atoms with Crippen molar-refractivity contribution in [3.63, 3.8) is 0 Å². The molecule has 0 saturated carbocycles. The Morgan fingerprint density at radius 1 is 0.600 bits per heavy atom. The molecule has 0 unspecified atom stereocenters. The van der Waals surface area contributed by atoms with E-state index >= 15 is 0 Å². The average Bonchev–Trinajstić information content (AvgIpc) is 2.61. The van der Waals surface area contributed by atoms with E-state index in [4.69, 9.17) is 13.3 Å². The van der Waals surface area contributed by atoms with Gasteiger partial charge < -0.3 is 13.3 Å². The van der Waals surface area contributed by atoms with Crippen LogP contribution in [-0.2, 0) is 13.3 Å². The number of benzene rings is 3. The van der Waals surface area contributed by atoms with E-state index in [0.29, 0.717) is 19.8 Å². The molecule has 25 heavy (non-hydrogen) atoms. The Morgan fingerprint density at radius 3 is 1.12 bits per heavy atom. The molecule has 0 saturated heterocycles. The Balaban J connectivity index is 0.000000188. The van der Waals surface area contributed by atoms with Gasteiger partial charge in [-0.05, 0) is 54.4 Å². The van der Waals surface area contributed by atoms with Crippen molar-refractivity contribution in [2.24, 2.45) is 0 Å². The van der Waals surface area contributed by atoms with Gasteiger partial charge in [-0.1, -0.05) is 48.5 Å². The maximum atomic E-state index is 5.40. The van der Waals surface area contributed by atoms with Crippen molar-refractivity contribution in [3.05, 3.63) is 60.7 Å². The van der Waals surface area contributed by atoms with Crippen LogP contribution in [-0.4, -0.2) is 28.6 Å². The number of hydrogen-bond acceptors (Lipinski definition) is 3. The molecule has 0 fully saturated rings. The maximum Gasteiger partial charge on any atom is 0.497 e. The molecule has 0 radical (unpaired) electrons. The van der Waals surface area contributed by atoms with Gasteiger partial charge in [0.15, 0.2) is 0 Å². The average molecular weight is 357 g/mol. The van der Waals surface area contributed by atoms with Crippen LogP contribution in [0, 0.1) is 0 Å². The summed E-state index contributed by atoms with van der Waals surface area (Å²) >= 11 is 0. The van der Waals surface area contributed by atoms with Crippen molar-refractivity contribution in [2.75, 3.05) is 19.8 Å². The van der Waals surface area contributed by atoms with Gasteiger partial charge in [-0.2, -0.15) is 0 Å². The van der Waals surface area contributed by atoms with E-state index in [1.165, 1.54) is 21.5 Å². The van der Waals surface area contributed by atoms with Crippen molar-refractivity contribution in [1.82, 2.24) is 0 Å². The molecule has 3 rings (SSSR count). The van der Waals surface area contributed by atoms with Gasteiger partial charge in [0.05, 0.1) is 0 Å². The largest absolute Gasteiger partial charge is 0.497 e. The summed E-state index contributed by atoms with van der Waals surface area (Å²) in [5.41, 5.74) is 0. The molecule has 0 N–H and O–H groups in total. The predicted octanol–water partition coefficient (Wildman–Crippen LogP) is 5.66. The van der Waals surface area contributed by atoms with E-state index in [2.05, 4.69) is 60.7 Å². The minimum Gasteiger partial charge on any atom is -0.374 e. The molecule has 0 spiro atoms. The normalized spacial score (nSPS) is 11.4. The summed E-state index contributed by atoms with van der Waals surface area (Å²) in [6.45, 7) is 9.73. The topological polar surface area (TPSA) is 27.7 Å². The van der Waals surface area contributed by atoms with Gasteiger partial charge >= 0.3 is 8.80 Å². The second-order valence-corrected chi connectivity index (χ2v) is 8.30. The molecular formula is C21H28O3Si. The Kier molecular flexibility index (Phi) is 7.59. The van der Waals surface area contributed by atoms with Crippen LogP contribution in [0.1, 0.15) is 20.8 Å². The van der Waals surface area contributed by atoms with Gasteiger partial charge in [-0.15, -0.1) is 0 Å². The lowest BCUT2D eigenvalue weighted by Gasteiger charge is -2.23. The SMILES string of the molecule is CCO[Si](C)(OCC)OCC.c1ccc2cc3ccccc3cc2c1. The molecule has 0 aliphatic rings. The summed E-state index contributed by atoms with van der Waals surface area (Å²) < 4.78 is 16.2. The maximum absolute atomic E-state index is 5.40. The van der Waals surface area contributed by atoms with E-state index in [1.54, 1.807) is 0 Å². The first-order valence-electron chi connectivity index (χ1n) is 8.91. The molecule has 3 aromatic carbocycles. The van der Waals surface area contributed by atoms with Crippen LogP contribution in [0.5, 0.6) is 0 Å². The highest BCUT2D eigenvalue weighted by Gasteiger charge is 2.32. The second-order valence-electron chi connectivity index (χ2n) is 5.71. The fourth-order valence-corrected chi connectivity index (χ4v) is 4.62. The van der Waals surface area contributed by atoms with Gasteiger partial charge in [0.2, 0.25) is 0 Å². The molecule has 4 heteroatoms. The Morgan fingerprint density at radius 2 is 0.880 bits per heavy atom. The van der Waals surface area contributed by atoms with E-state index in [1.807, 2.05) is 27.3 Å². The fraction of sp³-hybridized carbons (Fsp3) is 0.333. The summed E-state index contributed by atoms with van der Waals surface area (Å²) in [5, 5.41) is 5.25. The standard InChI is InChI=1S/C14H10.C7H18O3Si/c1-2-6-12-10-14-8-4-3-7-13(14)9-11(12)5-1;1-5-8-11(4,9-6-2)10-7-3/h1-10H;5-7H2,1-4H3. The second kappa shape index (κ2) is 9.68. The first-order valence-corrected chi connectivity index (χ1v) is 11.1. The van der Waals surface area contributed by atoms with Gasteiger partial charge in [0.1, 0.15) is 0 Å². The molecule has 0 aliphatic carbocycles. The number of rotatable bonds is 6. The Hall–Kier alpha value is -1.72. The molecule has 0 amide bonds. The third-order valence-corrected chi connectivity index (χ3v) is 6.27. The van der Waals surface area contributed by atoms with Crippen molar-refractivity contribution >= 4 is 30.3 Å². The van der Waals surface area contributed by atoms with Crippen molar-refractivity contribution in [3.8, 4) is 0 Å². The van der Waals surface area contributed by atoms with Gasteiger partial charge in [-0.25, -0.2) is 0 Å². The van der Waals surface area contributed by atoms with Crippen LogP contribution >= 0.6 is 0 Å². The molecular weight excluding hydrogens is 328 g/mol. The lowest BCUT2D eigenvalue weighted by atomic mass is 10.0. The molecule has 0 heterocycles. The molecule has 3 nitrogen and oxygen atoms in total. The predicted molar refractivity (Wildman–Crippen MR) is 108 cm³/mol. The van der Waals surface area contributed by atoms with Gasteiger partial charge in [-0.3, -0.25) is 0 Å². The lowest BCUT2D eigenvalue weighted by molar-refractivity contribution is 0.0783. The first kappa shape index (κ1) is 19.6. The quantitative estimate of drug-likeness (QED) is 0.421. The fourth-order valence-electron chi connectivity index (χ4n) is 2.79.